The fourth-order valence-corrected chi connectivity index (χ4v) is 2.78. The molecule has 0 radical (unpaired) electrons. The van der Waals surface area contributed by atoms with Gasteiger partial charge in [0.2, 0.25) is 0 Å². The van der Waals surface area contributed by atoms with E-state index in [2.05, 4.69) is 31.7 Å². The molecule has 0 N–H and O–H groups in total. The summed E-state index contributed by atoms with van der Waals surface area (Å²) in [4.78, 5) is 0. The summed E-state index contributed by atoms with van der Waals surface area (Å²) < 4.78 is 0. The maximum atomic E-state index is 4.23. The van der Waals surface area contributed by atoms with Gasteiger partial charge in [-0.25, -0.2) is 0 Å². The molecule has 0 bridgehead atoms. The second-order valence-corrected chi connectivity index (χ2v) is 4.24. The first-order valence-electron chi connectivity index (χ1n) is 5.34. The highest BCUT2D eigenvalue weighted by Gasteiger charge is 2.36. The minimum atomic E-state index is 0.830. The Morgan fingerprint density at radius 1 is 1.38 bits per heavy atom. The van der Waals surface area contributed by atoms with Gasteiger partial charge in [0.15, 0.2) is 0 Å². The Labute approximate surface area is 81.0 Å². The van der Waals surface area contributed by atoms with Gasteiger partial charge in [-0.3, -0.25) is 0 Å². The van der Waals surface area contributed by atoms with Crippen molar-refractivity contribution in [1.29, 1.82) is 0 Å². The van der Waals surface area contributed by atoms with Crippen LogP contribution in [0.2, 0.25) is 0 Å². The van der Waals surface area contributed by atoms with Crippen LogP contribution in [-0.4, -0.2) is 0 Å². The van der Waals surface area contributed by atoms with Crippen molar-refractivity contribution in [1.82, 2.24) is 0 Å². The van der Waals surface area contributed by atoms with Crippen molar-refractivity contribution < 1.29 is 0 Å². The molecule has 0 aromatic carbocycles. The van der Waals surface area contributed by atoms with Crippen LogP contribution < -0.4 is 0 Å². The van der Waals surface area contributed by atoms with Crippen molar-refractivity contribution >= 4 is 0 Å². The van der Waals surface area contributed by atoms with Gasteiger partial charge in [0.25, 0.3) is 0 Å². The molecule has 0 aromatic rings. The quantitative estimate of drug-likeness (QED) is 0.566. The average molecular weight is 174 g/mol. The van der Waals surface area contributed by atoms with E-state index in [4.69, 9.17) is 0 Å². The van der Waals surface area contributed by atoms with Crippen LogP contribution in [-0.2, 0) is 0 Å². The topological polar surface area (TPSA) is 0 Å². The van der Waals surface area contributed by atoms with E-state index in [0.717, 1.165) is 11.8 Å². The minimum absolute atomic E-state index is 0.830. The van der Waals surface area contributed by atoms with Gasteiger partial charge in [0.1, 0.15) is 0 Å². The van der Waals surface area contributed by atoms with Gasteiger partial charge in [-0.15, -0.1) is 0 Å². The van der Waals surface area contributed by atoms with E-state index in [9.17, 15) is 0 Å². The van der Waals surface area contributed by atoms with Crippen molar-refractivity contribution in [3.05, 3.63) is 36.0 Å². The molecule has 0 heteroatoms. The normalized spacial score (nSPS) is 36.4. The molecule has 0 aliphatic heterocycles. The third-order valence-corrected chi connectivity index (χ3v) is 3.49. The zero-order chi connectivity index (χ0) is 9.26. The Kier molecular flexibility index (Phi) is 2.39. The fourth-order valence-electron chi connectivity index (χ4n) is 2.78. The first kappa shape index (κ1) is 8.80. The molecular weight excluding hydrogens is 156 g/mol. The molecular formula is C13H18. The van der Waals surface area contributed by atoms with E-state index in [0.29, 0.717) is 0 Å². The number of hydrogen-bond acceptors (Lipinski definition) is 0. The molecule has 0 heterocycles. The van der Waals surface area contributed by atoms with Crippen LogP contribution >= 0.6 is 0 Å². The molecule has 2 atom stereocenters. The molecule has 70 valence electrons. The molecule has 13 heavy (non-hydrogen) atoms. The SMILES string of the molecule is C=C1/C(=C\C=C/C)CC2CCCC12. The summed E-state index contributed by atoms with van der Waals surface area (Å²) in [5, 5.41) is 0. The van der Waals surface area contributed by atoms with Crippen LogP contribution in [0, 0.1) is 11.8 Å². The Balaban J connectivity index is 2.15. The van der Waals surface area contributed by atoms with E-state index < -0.39 is 0 Å². The molecule has 2 rings (SSSR count). The van der Waals surface area contributed by atoms with Gasteiger partial charge in [-0.1, -0.05) is 31.2 Å². The van der Waals surface area contributed by atoms with Gasteiger partial charge in [0.05, 0.1) is 0 Å². The predicted molar refractivity (Wildman–Crippen MR) is 57.5 cm³/mol. The lowest BCUT2D eigenvalue weighted by atomic mass is 9.98. The summed E-state index contributed by atoms with van der Waals surface area (Å²) in [6.07, 6.45) is 12.0. The Morgan fingerprint density at radius 2 is 2.23 bits per heavy atom. The third-order valence-electron chi connectivity index (χ3n) is 3.49. The van der Waals surface area contributed by atoms with Gasteiger partial charge in [0, 0.05) is 0 Å². The summed E-state index contributed by atoms with van der Waals surface area (Å²) in [6.45, 7) is 6.29. The van der Waals surface area contributed by atoms with Gasteiger partial charge in [-0.05, 0) is 49.2 Å². The van der Waals surface area contributed by atoms with E-state index >= 15 is 0 Å². The lowest BCUT2D eigenvalue weighted by Gasteiger charge is -2.06. The molecule has 2 aliphatic rings. The lowest BCUT2D eigenvalue weighted by molar-refractivity contribution is 0.497. The standard InChI is InChI=1S/C13H18/c1-3-4-6-11-9-12-7-5-8-13(12)10(11)2/h3-4,6,12-13H,2,5,7-9H2,1H3/b4-3-,11-6-. The van der Waals surface area contributed by atoms with Crippen molar-refractivity contribution in [2.45, 2.75) is 32.6 Å². The molecule has 0 nitrogen and oxygen atoms in total. The Bertz CT molecular complexity index is 268. The molecule has 2 unspecified atom stereocenters. The monoisotopic (exact) mass is 174 g/mol. The largest absolute Gasteiger partial charge is 0.0953 e. The summed E-state index contributed by atoms with van der Waals surface area (Å²) in [7, 11) is 0. The summed E-state index contributed by atoms with van der Waals surface area (Å²) >= 11 is 0. The lowest BCUT2D eigenvalue weighted by Crippen LogP contribution is -1.98. The first-order chi connectivity index (χ1) is 6.33. The number of rotatable bonds is 1. The van der Waals surface area contributed by atoms with Crippen LogP contribution in [0.25, 0.3) is 0 Å². The molecule has 2 fully saturated rings. The molecule has 0 saturated heterocycles. The predicted octanol–water partition coefficient (Wildman–Crippen LogP) is 3.87. The maximum Gasteiger partial charge on any atom is -0.0134 e. The van der Waals surface area contributed by atoms with Crippen molar-refractivity contribution in [2.75, 3.05) is 0 Å². The summed E-state index contributed by atoms with van der Waals surface area (Å²) in [6, 6.07) is 0. The maximum absolute atomic E-state index is 4.23. The fraction of sp³-hybridized carbons (Fsp3) is 0.538. The van der Waals surface area contributed by atoms with Gasteiger partial charge < -0.3 is 0 Å². The summed E-state index contributed by atoms with van der Waals surface area (Å²) in [5.74, 6) is 1.76. The molecule has 0 spiro atoms. The second-order valence-electron chi connectivity index (χ2n) is 4.24. The minimum Gasteiger partial charge on any atom is -0.0953 e. The molecule has 0 amide bonds. The number of allylic oxidation sites excluding steroid dienone is 5. The van der Waals surface area contributed by atoms with Gasteiger partial charge in [-0.2, -0.15) is 0 Å². The number of fused-ring (bicyclic) bond motifs is 1. The van der Waals surface area contributed by atoms with E-state index in [-0.39, 0.29) is 0 Å². The van der Waals surface area contributed by atoms with E-state index in [1.54, 1.807) is 0 Å². The van der Waals surface area contributed by atoms with E-state index in [1.165, 1.54) is 36.8 Å². The van der Waals surface area contributed by atoms with Crippen molar-refractivity contribution in [2.24, 2.45) is 11.8 Å². The zero-order valence-electron chi connectivity index (χ0n) is 8.42. The number of hydrogen-bond donors (Lipinski definition) is 0. The molecule has 0 aromatic heterocycles. The highest BCUT2D eigenvalue weighted by atomic mass is 14.4. The van der Waals surface area contributed by atoms with Crippen LogP contribution in [0.4, 0.5) is 0 Å². The smallest absolute Gasteiger partial charge is 0.0134 e. The van der Waals surface area contributed by atoms with Crippen LogP contribution in [0.5, 0.6) is 0 Å². The molecule has 2 saturated carbocycles. The van der Waals surface area contributed by atoms with Gasteiger partial charge >= 0.3 is 0 Å². The Hall–Kier alpha value is -0.780. The molecule has 2 aliphatic carbocycles. The summed E-state index contributed by atoms with van der Waals surface area (Å²) in [5.41, 5.74) is 2.94. The third kappa shape index (κ3) is 1.50. The Morgan fingerprint density at radius 3 is 2.92 bits per heavy atom. The highest BCUT2D eigenvalue weighted by Crippen LogP contribution is 2.49. The van der Waals surface area contributed by atoms with E-state index in [1.807, 2.05) is 0 Å². The van der Waals surface area contributed by atoms with Crippen LogP contribution in [0.1, 0.15) is 32.6 Å². The average Bonchev–Trinajstić information content (AvgIpc) is 2.67. The van der Waals surface area contributed by atoms with Crippen molar-refractivity contribution in [3.8, 4) is 0 Å². The zero-order valence-corrected chi connectivity index (χ0v) is 8.42. The van der Waals surface area contributed by atoms with Crippen LogP contribution in [0.15, 0.2) is 36.0 Å². The second kappa shape index (κ2) is 3.53. The van der Waals surface area contributed by atoms with Crippen molar-refractivity contribution in [3.63, 3.8) is 0 Å². The first-order valence-corrected chi connectivity index (χ1v) is 5.34. The highest BCUT2D eigenvalue weighted by molar-refractivity contribution is 5.39. The van der Waals surface area contributed by atoms with Crippen LogP contribution in [0.3, 0.4) is 0 Å².